The minimum Gasteiger partial charge on any atom is -0.264 e. The molecule has 84 valence electrons. The molecule has 1 aromatic rings. The molecule has 0 atom stereocenters. The van der Waals surface area contributed by atoms with Gasteiger partial charge in [0.25, 0.3) is 0 Å². The molecule has 1 saturated carbocycles. The van der Waals surface area contributed by atoms with Gasteiger partial charge in [-0.2, -0.15) is 4.99 Å². The van der Waals surface area contributed by atoms with Gasteiger partial charge < -0.3 is 0 Å². The van der Waals surface area contributed by atoms with E-state index in [-0.39, 0.29) is 5.54 Å². The van der Waals surface area contributed by atoms with E-state index in [1.807, 2.05) is 18.3 Å². The van der Waals surface area contributed by atoms with E-state index < -0.39 is 0 Å². The summed E-state index contributed by atoms with van der Waals surface area (Å²) in [6.45, 7) is 0. The third-order valence-corrected chi connectivity index (χ3v) is 3.32. The quantitative estimate of drug-likeness (QED) is 0.576. The van der Waals surface area contributed by atoms with Crippen LogP contribution < -0.4 is 0 Å². The van der Waals surface area contributed by atoms with Crippen molar-refractivity contribution in [3.8, 4) is 0 Å². The number of carbonyl (C=O) groups excluding carboxylic acids is 1. The van der Waals surface area contributed by atoms with Crippen molar-refractivity contribution in [1.82, 2.24) is 4.98 Å². The van der Waals surface area contributed by atoms with Crippen LogP contribution in [0.15, 0.2) is 29.5 Å². The molecular weight excluding hydrogens is 200 g/mol. The largest absolute Gasteiger partial charge is 0.264 e. The molecule has 0 unspecified atom stereocenters. The van der Waals surface area contributed by atoms with Crippen LogP contribution in [0.1, 0.15) is 37.7 Å². The predicted molar refractivity (Wildman–Crippen MR) is 61.9 cm³/mol. The molecule has 1 aliphatic rings. The predicted octanol–water partition coefficient (Wildman–Crippen LogP) is 2.66. The fourth-order valence-corrected chi connectivity index (χ4v) is 2.52. The Hall–Kier alpha value is -1.47. The number of pyridine rings is 1. The number of aromatic nitrogens is 1. The third-order valence-electron chi connectivity index (χ3n) is 3.32. The summed E-state index contributed by atoms with van der Waals surface area (Å²) < 4.78 is 0. The van der Waals surface area contributed by atoms with Crippen molar-refractivity contribution < 1.29 is 4.79 Å². The third kappa shape index (κ3) is 2.56. The second-order valence-electron chi connectivity index (χ2n) is 4.53. The van der Waals surface area contributed by atoms with E-state index in [4.69, 9.17) is 0 Å². The maximum absolute atomic E-state index is 10.6. The Kier molecular flexibility index (Phi) is 3.47. The lowest BCUT2D eigenvalue weighted by molar-refractivity contribution is 0.295. The molecule has 0 aliphatic heterocycles. The molecule has 1 aliphatic carbocycles. The summed E-state index contributed by atoms with van der Waals surface area (Å²) in [4.78, 5) is 18.7. The maximum Gasteiger partial charge on any atom is 0.235 e. The summed E-state index contributed by atoms with van der Waals surface area (Å²) in [7, 11) is 0. The van der Waals surface area contributed by atoms with E-state index in [1.54, 1.807) is 12.3 Å². The monoisotopic (exact) mass is 216 g/mol. The van der Waals surface area contributed by atoms with Crippen LogP contribution >= 0.6 is 0 Å². The van der Waals surface area contributed by atoms with Gasteiger partial charge in [-0.1, -0.05) is 25.3 Å². The van der Waals surface area contributed by atoms with Gasteiger partial charge >= 0.3 is 0 Å². The summed E-state index contributed by atoms with van der Waals surface area (Å²) in [6, 6.07) is 3.97. The van der Waals surface area contributed by atoms with Gasteiger partial charge in [0.2, 0.25) is 6.08 Å². The van der Waals surface area contributed by atoms with Gasteiger partial charge in [0.05, 0.1) is 5.54 Å². The van der Waals surface area contributed by atoms with Crippen molar-refractivity contribution in [1.29, 1.82) is 0 Å². The van der Waals surface area contributed by atoms with E-state index in [0.717, 1.165) is 37.7 Å². The van der Waals surface area contributed by atoms with Crippen LogP contribution in [0.25, 0.3) is 0 Å². The van der Waals surface area contributed by atoms with Crippen molar-refractivity contribution in [3.05, 3.63) is 30.1 Å². The van der Waals surface area contributed by atoms with E-state index in [0.29, 0.717) is 0 Å². The summed E-state index contributed by atoms with van der Waals surface area (Å²) in [6.07, 6.45) is 11.8. The minimum absolute atomic E-state index is 0.205. The number of nitrogens with zero attached hydrogens (tertiary/aromatic N) is 2. The SMILES string of the molecule is O=C=NC1(Cc2cccnc2)CCCCC1. The summed E-state index contributed by atoms with van der Waals surface area (Å²) in [5.41, 5.74) is 0.951. The Balaban J connectivity index is 2.17. The highest BCUT2D eigenvalue weighted by Crippen LogP contribution is 2.34. The number of aliphatic imine (C=N–C) groups is 1. The summed E-state index contributed by atoms with van der Waals surface area (Å²) >= 11 is 0. The second-order valence-corrected chi connectivity index (χ2v) is 4.53. The first-order valence-corrected chi connectivity index (χ1v) is 5.83. The molecule has 3 heteroatoms. The fraction of sp³-hybridized carbons (Fsp3) is 0.538. The van der Waals surface area contributed by atoms with Crippen LogP contribution in [0.3, 0.4) is 0 Å². The average molecular weight is 216 g/mol. The standard InChI is InChI=1S/C13H16N2O/c16-11-15-13(6-2-1-3-7-13)9-12-5-4-8-14-10-12/h4-5,8,10H,1-3,6-7,9H2. The van der Waals surface area contributed by atoms with Gasteiger partial charge in [-0.05, 0) is 30.9 Å². The fourth-order valence-electron chi connectivity index (χ4n) is 2.52. The van der Waals surface area contributed by atoms with Crippen LogP contribution in [-0.4, -0.2) is 16.6 Å². The molecule has 0 aromatic carbocycles. The van der Waals surface area contributed by atoms with Gasteiger partial charge in [0.15, 0.2) is 0 Å². The number of isocyanates is 1. The number of rotatable bonds is 3. The van der Waals surface area contributed by atoms with Crippen molar-refractivity contribution >= 4 is 6.08 Å². The van der Waals surface area contributed by atoms with Gasteiger partial charge in [-0.15, -0.1) is 0 Å². The van der Waals surface area contributed by atoms with Gasteiger partial charge in [-0.3, -0.25) is 4.98 Å². The average Bonchev–Trinajstić information content (AvgIpc) is 2.31. The molecule has 1 aromatic heterocycles. The number of hydrogen-bond acceptors (Lipinski definition) is 3. The van der Waals surface area contributed by atoms with Crippen molar-refractivity contribution in [2.24, 2.45) is 4.99 Å². The minimum atomic E-state index is -0.205. The molecule has 1 fully saturated rings. The molecule has 16 heavy (non-hydrogen) atoms. The molecule has 1 heterocycles. The molecule has 3 nitrogen and oxygen atoms in total. The Morgan fingerprint density at radius 2 is 2.19 bits per heavy atom. The normalized spacial score (nSPS) is 18.8. The van der Waals surface area contributed by atoms with E-state index in [1.165, 1.54) is 6.42 Å². The van der Waals surface area contributed by atoms with Crippen LogP contribution in [0.5, 0.6) is 0 Å². The van der Waals surface area contributed by atoms with Crippen molar-refractivity contribution in [2.75, 3.05) is 0 Å². The highest BCUT2D eigenvalue weighted by Gasteiger charge is 2.31. The molecule has 0 saturated heterocycles. The number of hydrogen-bond donors (Lipinski definition) is 0. The Labute approximate surface area is 95.6 Å². The second kappa shape index (κ2) is 5.04. The van der Waals surface area contributed by atoms with Crippen molar-refractivity contribution in [3.63, 3.8) is 0 Å². The molecule has 0 amide bonds. The topological polar surface area (TPSA) is 42.3 Å². The summed E-state index contributed by atoms with van der Waals surface area (Å²) in [5, 5.41) is 0. The van der Waals surface area contributed by atoms with E-state index in [9.17, 15) is 4.79 Å². The molecule has 2 rings (SSSR count). The first kappa shape index (κ1) is 11.0. The zero-order valence-electron chi connectivity index (χ0n) is 9.35. The van der Waals surface area contributed by atoms with E-state index in [2.05, 4.69) is 9.98 Å². The summed E-state index contributed by atoms with van der Waals surface area (Å²) in [5.74, 6) is 0. The van der Waals surface area contributed by atoms with E-state index >= 15 is 0 Å². The van der Waals surface area contributed by atoms with Crippen LogP contribution in [-0.2, 0) is 11.2 Å². The van der Waals surface area contributed by atoms with Crippen LogP contribution in [0, 0.1) is 0 Å². The molecule has 0 radical (unpaired) electrons. The van der Waals surface area contributed by atoms with Crippen LogP contribution in [0.4, 0.5) is 0 Å². The van der Waals surface area contributed by atoms with Gasteiger partial charge in [-0.25, -0.2) is 4.79 Å². The lowest BCUT2D eigenvalue weighted by Gasteiger charge is -2.32. The van der Waals surface area contributed by atoms with Crippen molar-refractivity contribution in [2.45, 2.75) is 44.1 Å². The van der Waals surface area contributed by atoms with Crippen LogP contribution in [0.2, 0.25) is 0 Å². The molecule has 0 bridgehead atoms. The highest BCUT2D eigenvalue weighted by molar-refractivity contribution is 5.35. The maximum atomic E-state index is 10.6. The highest BCUT2D eigenvalue weighted by atomic mass is 16.1. The van der Waals surface area contributed by atoms with Gasteiger partial charge in [0, 0.05) is 12.4 Å². The lowest BCUT2D eigenvalue weighted by Crippen LogP contribution is -2.32. The first-order chi connectivity index (χ1) is 7.85. The lowest BCUT2D eigenvalue weighted by atomic mass is 9.78. The first-order valence-electron chi connectivity index (χ1n) is 5.83. The smallest absolute Gasteiger partial charge is 0.235 e. The molecule has 0 spiro atoms. The zero-order valence-corrected chi connectivity index (χ0v) is 9.35. The Bertz CT molecular complexity index is 376. The molecular formula is C13H16N2O. The Morgan fingerprint density at radius 3 is 2.81 bits per heavy atom. The zero-order chi connectivity index (χ0) is 11.3. The Morgan fingerprint density at radius 1 is 1.38 bits per heavy atom. The molecule has 0 N–H and O–H groups in total. The van der Waals surface area contributed by atoms with Gasteiger partial charge in [0.1, 0.15) is 0 Å².